The van der Waals surface area contributed by atoms with Crippen LogP contribution in [-0.4, -0.2) is 41.9 Å². The van der Waals surface area contributed by atoms with Gasteiger partial charge >= 0.3 is 0 Å². The van der Waals surface area contributed by atoms with Crippen LogP contribution in [0.15, 0.2) is 59.6 Å². The van der Waals surface area contributed by atoms with E-state index in [2.05, 4.69) is 23.1 Å². The fourth-order valence-corrected chi connectivity index (χ4v) is 4.70. The molecule has 4 rings (SSSR count). The van der Waals surface area contributed by atoms with Crippen molar-refractivity contribution < 1.29 is 5.11 Å². The maximum atomic E-state index is 10.8. The van der Waals surface area contributed by atoms with Crippen molar-refractivity contribution in [2.24, 2.45) is 4.99 Å². The summed E-state index contributed by atoms with van der Waals surface area (Å²) in [6, 6.07) is 18.2. The van der Waals surface area contributed by atoms with E-state index in [-0.39, 0.29) is 0 Å². The van der Waals surface area contributed by atoms with Gasteiger partial charge in [0.15, 0.2) is 0 Å². The third kappa shape index (κ3) is 3.67. The maximum Gasteiger partial charge on any atom is 0.143 e. The maximum absolute atomic E-state index is 10.8. The SMILES string of the molecule is Oc1c(C(=NCCN2CCCCC2)c2ccccc2)sc2ccccc12. The molecule has 0 unspecified atom stereocenters. The number of fused-ring (bicyclic) bond motifs is 1. The lowest BCUT2D eigenvalue weighted by Crippen LogP contribution is -2.32. The first-order valence-electron chi connectivity index (χ1n) is 9.36. The highest BCUT2D eigenvalue weighted by Crippen LogP contribution is 2.38. The minimum atomic E-state index is 0.353. The number of aromatic hydroxyl groups is 1. The van der Waals surface area contributed by atoms with Crippen molar-refractivity contribution >= 4 is 27.1 Å². The van der Waals surface area contributed by atoms with Gasteiger partial charge in [-0.2, -0.15) is 0 Å². The molecule has 3 nitrogen and oxygen atoms in total. The summed E-state index contributed by atoms with van der Waals surface area (Å²) in [7, 11) is 0. The van der Waals surface area contributed by atoms with Crippen LogP contribution >= 0.6 is 11.3 Å². The fourth-order valence-electron chi connectivity index (χ4n) is 3.57. The molecule has 0 spiro atoms. The van der Waals surface area contributed by atoms with Gasteiger partial charge in [0.25, 0.3) is 0 Å². The van der Waals surface area contributed by atoms with Gasteiger partial charge in [0, 0.05) is 22.2 Å². The molecule has 0 saturated carbocycles. The van der Waals surface area contributed by atoms with E-state index >= 15 is 0 Å². The van der Waals surface area contributed by atoms with Gasteiger partial charge in [-0.05, 0) is 38.1 Å². The van der Waals surface area contributed by atoms with Crippen LogP contribution in [0.25, 0.3) is 10.1 Å². The highest BCUT2D eigenvalue weighted by Gasteiger charge is 2.18. The molecule has 1 aliphatic heterocycles. The first-order valence-corrected chi connectivity index (χ1v) is 10.2. The van der Waals surface area contributed by atoms with Gasteiger partial charge in [0.05, 0.1) is 17.1 Å². The molecule has 26 heavy (non-hydrogen) atoms. The highest BCUT2D eigenvalue weighted by atomic mass is 32.1. The van der Waals surface area contributed by atoms with E-state index in [1.54, 1.807) is 11.3 Å². The quantitative estimate of drug-likeness (QED) is 0.652. The monoisotopic (exact) mass is 364 g/mol. The van der Waals surface area contributed by atoms with Gasteiger partial charge < -0.3 is 10.0 Å². The molecule has 1 aromatic heterocycles. The second-order valence-corrected chi connectivity index (χ2v) is 7.83. The highest BCUT2D eigenvalue weighted by molar-refractivity contribution is 7.21. The van der Waals surface area contributed by atoms with Crippen molar-refractivity contribution in [3.63, 3.8) is 0 Å². The molecule has 0 amide bonds. The molecule has 0 atom stereocenters. The summed E-state index contributed by atoms with van der Waals surface area (Å²) in [5.74, 6) is 0.353. The lowest BCUT2D eigenvalue weighted by Gasteiger charge is -2.25. The number of thiophene rings is 1. The van der Waals surface area contributed by atoms with Gasteiger partial charge in [-0.15, -0.1) is 11.3 Å². The van der Waals surface area contributed by atoms with E-state index in [1.807, 2.05) is 36.4 Å². The van der Waals surface area contributed by atoms with Crippen LogP contribution in [-0.2, 0) is 0 Å². The van der Waals surface area contributed by atoms with E-state index in [4.69, 9.17) is 4.99 Å². The number of hydrogen-bond acceptors (Lipinski definition) is 4. The van der Waals surface area contributed by atoms with Gasteiger partial charge in [-0.25, -0.2) is 0 Å². The molecular weight excluding hydrogens is 340 g/mol. The Bertz CT molecular complexity index is 895. The summed E-state index contributed by atoms with van der Waals surface area (Å²) in [5.41, 5.74) is 1.97. The zero-order valence-electron chi connectivity index (χ0n) is 14.9. The number of rotatable bonds is 5. The van der Waals surface area contributed by atoms with Gasteiger partial charge in [-0.1, -0.05) is 48.9 Å². The first kappa shape index (κ1) is 17.3. The predicted molar refractivity (Wildman–Crippen MR) is 111 cm³/mol. The summed E-state index contributed by atoms with van der Waals surface area (Å²) in [6.45, 7) is 4.12. The molecule has 2 aromatic carbocycles. The van der Waals surface area contributed by atoms with Crippen LogP contribution in [0.2, 0.25) is 0 Å². The number of aliphatic imine (C=N–C) groups is 1. The summed E-state index contributed by atoms with van der Waals surface area (Å²) < 4.78 is 1.10. The molecule has 134 valence electrons. The van der Waals surface area contributed by atoms with Crippen LogP contribution in [0.1, 0.15) is 29.7 Å². The van der Waals surface area contributed by atoms with E-state index in [9.17, 15) is 5.11 Å². The Hall–Kier alpha value is -2.17. The average Bonchev–Trinajstić information content (AvgIpc) is 3.03. The van der Waals surface area contributed by atoms with Crippen LogP contribution in [0.3, 0.4) is 0 Å². The zero-order valence-corrected chi connectivity index (χ0v) is 15.7. The lowest BCUT2D eigenvalue weighted by atomic mass is 10.1. The third-order valence-electron chi connectivity index (χ3n) is 4.97. The smallest absolute Gasteiger partial charge is 0.143 e. The summed E-state index contributed by atoms with van der Waals surface area (Å²) >= 11 is 1.62. The standard InChI is InChI=1S/C22H24N2OS/c25-21-18-11-5-6-12-19(18)26-22(21)20(17-9-3-1-4-10-17)23-13-16-24-14-7-2-8-15-24/h1,3-6,9-12,25H,2,7-8,13-16H2. The molecular formula is C22H24N2OS. The molecule has 1 saturated heterocycles. The number of nitrogens with zero attached hydrogens (tertiary/aromatic N) is 2. The van der Waals surface area contributed by atoms with Crippen molar-refractivity contribution in [3.05, 3.63) is 65.0 Å². The Labute approximate surface area is 158 Å². The average molecular weight is 365 g/mol. The van der Waals surface area contributed by atoms with Gasteiger partial charge in [0.2, 0.25) is 0 Å². The van der Waals surface area contributed by atoms with Crippen molar-refractivity contribution in [1.29, 1.82) is 0 Å². The minimum Gasteiger partial charge on any atom is -0.506 e. The summed E-state index contributed by atoms with van der Waals surface area (Å²) in [4.78, 5) is 8.31. The fraction of sp³-hybridized carbons (Fsp3) is 0.318. The molecule has 2 heterocycles. The molecule has 0 radical (unpaired) electrons. The third-order valence-corrected chi connectivity index (χ3v) is 6.13. The molecule has 1 aliphatic rings. The largest absolute Gasteiger partial charge is 0.506 e. The topological polar surface area (TPSA) is 35.8 Å². The second-order valence-electron chi connectivity index (χ2n) is 6.77. The summed E-state index contributed by atoms with van der Waals surface area (Å²) in [5, 5.41) is 11.7. The van der Waals surface area contributed by atoms with Crippen molar-refractivity contribution in [2.45, 2.75) is 19.3 Å². The molecule has 0 aliphatic carbocycles. The van der Waals surface area contributed by atoms with Crippen LogP contribution in [0, 0.1) is 0 Å². The van der Waals surface area contributed by atoms with Gasteiger partial charge in [0.1, 0.15) is 5.75 Å². The van der Waals surface area contributed by atoms with Crippen LogP contribution < -0.4 is 0 Å². The predicted octanol–water partition coefficient (Wildman–Crippen LogP) is 4.93. The Morgan fingerprint density at radius 2 is 1.69 bits per heavy atom. The Morgan fingerprint density at radius 1 is 0.962 bits per heavy atom. The van der Waals surface area contributed by atoms with Crippen LogP contribution in [0.4, 0.5) is 0 Å². The Kier molecular flexibility index (Phi) is 5.32. The zero-order chi connectivity index (χ0) is 17.8. The van der Waals surface area contributed by atoms with E-state index in [0.29, 0.717) is 5.75 Å². The molecule has 3 aromatic rings. The number of piperidine rings is 1. The number of hydrogen-bond donors (Lipinski definition) is 1. The second kappa shape index (κ2) is 8.02. The van der Waals surface area contributed by atoms with E-state index in [0.717, 1.165) is 39.3 Å². The first-order chi connectivity index (χ1) is 12.8. The van der Waals surface area contributed by atoms with Crippen molar-refractivity contribution in [1.82, 2.24) is 4.90 Å². The Morgan fingerprint density at radius 3 is 2.46 bits per heavy atom. The van der Waals surface area contributed by atoms with E-state index < -0.39 is 0 Å². The van der Waals surface area contributed by atoms with Crippen molar-refractivity contribution in [3.8, 4) is 5.75 Å². The normalized spacial score (nSPS) is 16.2. The lowest BCUT2D eigenvalue weighted by molar-refractivity contribution is 0.235. The molecule has 1 fully saturated rings. The number of likely N-dealkylation sites (tertiary alicyclic amines) is 1. The Balaban J connectivity index is 1.66. The van der Waals surface area contributed by atoms with Crippen LogP contribution in [0.5, 0.6) is 5.75 Å². The van der Waals surface area contributed by atoms with E-state index in [1.165, 1.54) is 32.4 Å². The molecule has 0 bridgehead atoms. The number of benzene rings is 2. The van der Waals surface area contributed by atoms with Crippen molar-refractivity contribution in [2.75, 3.05) is 26.2 Å². The summed E-state index contributed by atoms with van der Waals surface area (Å²) in [6.07, 6.45) is 3.95. The van der Waals surface area contributed by atoms with Gasteiger partial charge in [-0.3, -0.25) is 4.99 Å². The molecule has 1 N–H and O–H groups in total. The molecule has 4 heteroatoms. The minimum absolute atomic E-state index is 0.353.